The van der Waals surface area contributed by atoms with Crippen molar-refractivity contribution in [3.63, 3.8) is 0 Å². The first-order chi connectivity index (χ1) is 19.0. The molecule has 1 aromatic heterocycles. The minimum Gasteiger partial charge on any atom is -0.467 e. The van der Waals surface area contributed by atoms with Crippen LogP contribution in [0.5, 0.6) is 0 Å². The first kappa shape index (κ1) is 30.7. The quantitative estimate of drug-likeness (QED) is 0.253. The highest BCUT2D eigenvalue weighted by atomic mass is 35.5. The number of nitrogens with one attached hydrogen (secondary N) is 2. The number of esters is 2. The number of hydrogen-bond donors (Lipinski definition) is 2. The van der Waals surface area contributed by atoms with Crippen LogP contribution in [0.3, 0.4) is 0 Å². The molecule has 214 valence electrons. The smallest absolute Gasteiger partial charge is 0.329 e. The van der Waals surface area contributed by atoms with Crippen LogP contribution in [0.15, 0.2) is 60.8 Å². The molecule has 0 aliphatic heterocycles. The number of benzene rings is 2. The van der Waals surface area contributed by atoms with Gasteiger partial charge >= 0.3 is 11.9 Å². The maximum Gasteiger partial charge on any atom is 0.329 e. The molecule has 10 heteroatoms. The lowest BCUT2D eigenvalue weighted by Crippen LogP contribution is -2.51. The van der Waals surface area contributed by atoms with Gasteiger partial charge in [-0.3, -0.25) is 9.59 Å². The van der Waals surface area contributed by atoms with Crippen molar-refractivity contribution in [1.82, 2.24) is 15.2 Å². The second kappa shape index (κ2) is 14.0. The molecule has 40 heavy (non-hydrogen) atoms. The van der Waals surface area contributed by atoms with E-state index in [0.717, 1.165) is 22.0 Å². The molecule has 0 bridgehead atoms. The number of H-pyrrole nitrogens is 1. The molecule has 9 nitrogen and oxygen atoms in total. The fourth-order valence-electron chi connectivity index (χ4n) is 4.40. The van der Waals surface area contributed by atoms with E-state index in [2.05, 4.69) is 10.3 Å². The summed E-state index contributed by atoms with van der Waals surface area (Å²) in [6, 6.07) is 14.9. The van der Waals surface area contributed by atoms with Gasteiger partial charge in [-0.2, -0.15) is 0 Å². The number of methoxy groups -OCH3 is 1. The zero-order valence-corrected chi connectivity index (χ0v) is 24.0. The highest BCUT2D eigenvalue weighted by Gasteiger charge is 2.34. The molecule has 0 radical (unpaired) electrons. The minimum atomic E-state index is -1.03. The van der Waals surface area contributed by atoms with Crippen LogP contribution in [-0.2, 0) is 41.5 Å². The van der Waals surface area contributed by atoms with E-state index < -0.39 is 41.4 Å². The third-order valence-corrected chi connectivity index (χ3v) is 6.49. The molecule has 3 aromatic rings. The largest absolute Gasteiger partial charge is 0.467 e. The van der Waals surface area contributed by atoms with Gasteiger partial charge in [0.05, 0.1) is 7.11 Å². The molecule has 2 aromatic carbocycles. The fraction of sp³-hybridized carbons (Fsp3) is 0.400. The van der Waals surface area contributed by atoms with Crippen molar-refractivity contribution in [1.29, 1.82) is 0 Å². The maximum absolute atomic E-state index is 13.4. The average Bonchev–Trinajstić information content (AvgIpc) is 3.33. The lowest BCUT2D eigenvalue weighted by Gasteiger charge is -2.32. The molecular weight excluding hydrogens is 534 g/mol. The van der Waals surface area contributed by atoms with Gasteiger partial charge in [0.25, 0.3) is 0 Å². The number of carbonyl (C=O) groups excluding carboxylic acids is 4. The zero-order valence-electron chi connectivity index (χ0n) is 23.2. The Labute approximate surface area is 239 Å². The number of nitrogens with zero attached hydrogens (tertiary/aromatic N) is 1. The van der Waals surface area contributed by atoms with E-state index in [1.54, 1.807) is 27.0 Å². The molecule has 0 fully saturated rings. The topological polar surface area (TPSA) is 118 Å². The van der Waals surface area contributed by atoms with Gasteiger partial charge in [0.15, 0.2) is 0 Å². The number of aromatic nitrogens is 1. The molecule has 0 aliphatic rings. The summed E-state index contributed by atoms with van der Waals surface area (Å²) in [6.07, 6.45) is 2.02. The summed E-state index contributed by atoms with van der Waals surface area (Å²) in [6.45, 7) is 5.13. The molecule has 0 spiro atoms. The summed E-state index contributed by atoms with van der Waals surface area (Å²) in [5, 5.41) is 3.61. The van der Waals surface area contributed by atoms with Crippen LogP contribution in [0.1, 0.15) is 38.3 Å². The molecule has 0 saturated heterocycles. The van der Waals surface area contributed by atoms with E-state index in [-0.39, 0.29) is 31.7 Å². The van der Waals surface area contributed by atoms with Crippen LogP contribution in [0.2, 0.25) is 0 Å². The van der Waals surface area contributed by atoms with Gasteiger partial charge in [-0.05, 0) is 38.0 Å². The van der Waals surface area contributed by atoms with Crippen LogP contribution in [0.4, 0.5) is 0 Å². The molecule has 0 unspecified atom stereocenters. The van der Waals surface area contributed by atoms with Gasteiger partial charge in [-0.15, -0.1) is 11.6 Å². The Morgan fingerprint density at radius 3 is 2.30 bits per heavy atom. The van der Waals surface area contributed by atoms with Gasteiger partial charge in [0.1, 0.15) is 23.6 Å². The number of aromatic amines is 1. The van der Waals surface area contributed by atoms with Crippen LogP contribution in [0.25, 0.3) is 10.9 Å². The van der Waals surface area contributed by atoms with E-state index in [1.165, 1.54) is 12.0 Å². The van der Waals surface area contributed by atoms with E-state index in [9.17, 15) is 19.2 Å². The highest BCUT2D eigenvalue weighted by Crippen LogP contribution is 2.23. The number of rotatable bonds is 12. The standard InChI is InChI=1S/C30H36ClN3O6/c1-30(2,3)40-29(38)25(17-21-19-32-23-13-9-8-12-22(21)23)34(27(36)18-31)15-14-26(35)33-24(28(37)39-4)16-20-10-6-5-7-11-20/h5-13,19,24-25,32H,14-18H2,1-4H3,(H,33,35)/t24-,25-/m0/s1. The van der Waals surface area contributed by atoms with E-state index in [1.807, 2.05) is 54.6 Å². The Hall–Kier alpha value is -3.85. The van der Waals surface area contributed by atoms with Crippen molar-refractivity contribution in [3.8, 4) is 0 Å². The zero-order chi connectivity index (χ0) is 29.3. The lowest BCUT2D eigenvalue weighted by atomic mass is 10.0. The second-order valence-corrected chi connectivity index (χ2v) is 10.7. The third-order valence-electron chi connectivity index (χ3n) is 6.26. The van der Waals surface area contributed by atoms with Crippen molar-refractivity contribution in [2.24, 2.45) is 0 Å². The number of amides is 2. The predicted molar refractivity (Wildman–Crippen MR) is 153 cm³/mol. The van der Waals surface area contributed by atoms with Gasteiger partial charge < -0.3 is 24.7 Å². The molecule has 2 amide bonds. The number of alkyl halides is 1. The fourth-order valence-corrected chi connectivity index (χ4v) is 4.56. The molecule has 2 atom stereocenters. The number of carbonyl (C=O) groups is 4. The van der Waals surface area contributed by atoms with Gasteiger partial charge in [-0.25, -0.2) is 9.59 Å². The normalized spacial score (nSPS) is 12.8. The van der Waals surface area contributed by atoms with Crippen LogP contribution in [0, 0.1) is 0 Å². The van der Waals surface area contributed by atoms with E-state index >= 15 is 0 Å². The maximum atomic E-state index is 13.4. The predicted octanol–water partition coefficient (Wildman–Crippen LogP) is 3.78. The third kappa shape index (κ3) is 8.58. The van der Waals surface area contributed by atoms with Gasteiger partial charge in [0, 0.05) is 42.9 Å². The highest BCUT2D eigenvalue weighted by molar-refractivity contribution is 6.27. The SMILES string of the molecule is COC(=O)[C@H](Cc1ccccc1)NC(=O)CCN(C(=O)CCl)[C@@H](Cc1c[nH]c2ccccc12)C(=O)OC(C)(C)C. The van der Waals surface area contributed by atoms with Crippen molar-refractivity contribution >= 4 is 46.3 Å². The average molecular weight is 570 g/mol. The summed E-state index contributed by atoms with van der Waals surface area (Å²) >= 11 is 5.94. The number of fused-ring (bicyclic) bond motifs is 1. The summed E-state index contributed by atoms with van der Waals surface area (Å²) in [7, 11) is 1.25. The Morgan fingerprint density at radius 1 is 0.975 bits per heavy atom. The van der Waals surface area contributed by atoms with Gasteiger partial charge in [-0.1, -0.05) is 48.5 Å². The molecule has 0 aliphatic carbocycles. The summed E-state index contributed by atoms with van der Waals surface area (Å²) in [5.74, 6) is -2.56. The minimum absolute atomic E-state index is 0.108. The molecule has 1 heterocycles. The Balaban J connectivity index is 1.81. The number of halogens is 1. The van der Waals surface area contributed by atoms with Crippen molar-refractivity contribution < 1.29 is 28.7 Å². The first-order valence-electron chi connectivity index (χ1n) is 13.1. The molecular formula is C30H36ClN3O6. The number of ether oxygens (including phenoxy) is 2. The summed E-state index contributed by atoms with van der Waals surface area (Å²) in [5.41, 5.74) is 1.76. The second-order valence-electron chi connectivity index (χ2n) is 10.4. The van der Waals surface area contributed by atoms with E-state index in [0.29, 0.717) is 0 Å². The van der Waals surface area contributed by atoms with Crippen LogP contribution < -0.4 is 5.32 Å². The molecule has 3 rings (SSSR count). The van der Waals surface area contributed by atoms with E-state index in [4.69, 9.17) is 21.1 Å². The number of hydrogen-bond acceptors (Lipinski definition) is 6. The lowest BCUT2D eigenvalue weighted by molar-refractivity contribution is -0.164. The summed E-state index contributed by atoms with van der Waals surface area (Å²) < 4.78 is 10.5. The molecule has 2 N–H and O–H groups in total. The Kier molecular flexibility index (Phi) is 10.7. The number of para-hydroxylation sites is 1. The van der Waals surface area contributed by atoms with Crippen molar-refractivity contribution in [3.05, 3.63) is 71.9 Å². The first-order valence-corrected chi connectivity index (χ1v) is 13.6. The Morgan fingerprint density at radius 2 is 1.65 bits per heavy atom. The van der Waals surface area contributed by atoms with Crippen LogP contribution in [-0.4, -0.2) is 70.9 Å². The van der Waals surface area contributed by atoms with Crippen molar-refractivity contribution in [2.75, 3.05) is 19.5 Å². The monoisotopic (exact) mass is 569 g/mol. The van der Waals surface area contributed by atoms with Crippen LogP contribution >= 0.6 is 11.6 Å². The van der Waals surface area contributed by atoms with Gasteiger partial charge in [0.2, 0.25) is 11.8 Å². The van der Waals surface area contributed by atoms with Crippen molar-refractivity contribution in [2.45, 2.75) is 57.7 Å². The summed E-state index contributed by atoms with van der Waals surface area (Å²) in [4.78, 5) is 56.2. The Bertz CT molecular complexity index is 1320. The molecule has 0 saturated carbocycles.